The van der Waals surface area contributed by atoms with Crippen LogP contribution in [0.1, 0.15) is 26.3 Å². The van der Waals surface area contributed by atoms with Crippen LogP contribution in [0, 0.1) is 0 Å². The molecule has 1 aromatic heterocycles. The lowest BCUT2D eigenvalue weighted by atomic mass is 9.78. The van der Waals surface area contributed by atoms with Gasteiger partial charge in [0.25, 0.3) is 0 Å². The summed E-state index contributed by atoms with van der Waals surface area (Å²) in [6.45, 7) is 7.02. The van der Waals surface area contributed by atoms with Gasteiger partial charge >= 0.3 is 0 Å². The smallest absolute Gasteiger partial charge is 0.0427 e. The van der Waals surface area contributed by atoms with Crippen molar-refractivity contribution in [1.29, 1.82) is 0 Å². The molecule has 1 heterocycles. The van der Waals surface area contributed by atoms with E-state index in [0.717, 1.165) is 0 Å². The van der Waals surface area contributed by atoms with Crippen molar-refractivity contribution in [2.75, 3.05) is 0 Å². The summed E-state index contributed by atoms with van der Waals surface area (Å²) >= 11 is 1.92. The van der Waals surface area contributed by atoms with Gasteiger partial charge in [-0.15, -0.1) is 11.3 Å². The van der Waals surface area contributed by atoms with E-state index >= 15 is 0 Å². The Hall–Kier alpha value is -3.94. The van der Waals surface area contributed by atoms with E-state index in [1.165, 1.54) is 69.5 Å². The summed E-state index contributed by atoms with van der Waals surface area (Å²) in [4.78, 5) is 1.34. The predicted octanol–water partition coefficient (Wildman–Crippen LogP) is 11.0. The first-order chi connectivity index (χ1) is 18.0. The molecule has 37 heavy (non-hydrogen) atoms. The maximum Gasteiger partial charge on any atom is 0.0427 e. The molecule has 0 atom stereocenters. The number of hydrogen-bond acceptors (Lipinski definition) is 1. The third-order valence-electron chi connectivity index (χ3n) is 7.54. The fourth-order valence-corrected chi connectivity index (χ4v) is 7.11. The predicted molar refractivity (Wildman–Crippen MR) is 164 cm³/mol. The first-order valence-corrected chi connectivity index (χ1v) is 13.8. The number of thiophene rings is 1. The van der Waals surface area contributed by atoms with Gasteiger partial charge in [-0.25, -0.2) is 0 Å². The zero-order valence-corrected chi connectivity index (χ0v) is 22.2. The average Bonchev–Trinajstić information content (AvgIpc) is 3.37. The summed E-state index contributed by atoms with van der Waals surface area (Å²) in [5.74, 6) is 0. The largest absolute Gasteiger partial charge is 0.135 e. The van der Waals surface area contributed by atoms with Crippen LogP contribution in [-0.2, 0) is 5.41 Å². The molecule has 0 aliphatic heterocycles. The molecule has 0 N–H and O–H groups in total. The third-order valence-corrected chi connectivity index (χ3v) is 8.76. The molecule has 0 saturated heterocycles. The fourth-order valence-electron chi connectivity index (χ4n) is 5.89. The van der Waals surface area contributed by atoms with Crippen LogP contribution in [0.2, 0.25) is 0 Å². The van der Waals surface area contributed by atoms with Crippen molar-refractivity contribution in [3.05, 3.63) is 121 Å². The van der Waals surface area contributed by atoms with Crippen LogP contribution >= 0.6 is 11.3 Å². The summed E-state index contributed by atoms with van der Waals surface area (Å²) in [5.41, 5.74) is 5.34. The maximum absolute atomic E-state index is 2.38. The molecule has 0 unspecified atom stereocenters. The second-order valence-electron chi connectivity index (χ2n) is 11.0. The molecule has 0 spiro atoms. The normalized spacial score (nSPS) is 12.2. The lowest BCUT2D eigenvalue weighted by Gasteiger charge is -2.26. The molecule has 7 aromatic rings. The van der Waals surface area contributed by atoms with Gasteiger partial charge in [0.1, 0.15) is 0 Å². The van der Waals surface area contributed by atoms with Crippen molar-refractivity contribution >= 4 is 53.7 Å². The van der Waals surface area contributed by atoms with Crippen LogP contribution in [0.15, 0.2) is 115 Å². The van der Waals surface area contributed by atoms with E-state index in [0.29, 0.717) is 0 Å². The monoisotopic (exact) mass is 492 g/mol. The summed E-state index contributed by atoms with van der Waals surface area (Å²) in [7, 11) is 0. The summed E-state index contributed by atoms with van der Waals surface area (Å²) in [6, 6.07) is 42.6. The van der Waals surface area contributed by atoms with Crippen LogP contribution in [0.25, 0.3) is 64.0 Å². The molecular weight excluding hydrogens is 464 g/mol. The van der Waals surface area contributed by atoms with Crippen molar-refractivity contribution < 1.29 is 0 Å². The van der Waals surface area contributed by atoms with Crippen molar-refractivity contribution in [2.45, 2.75) is 26.2 Å². The molecule has 0 amide bonds. The minimum Gasteiger partial charge on any atom is -0.135 e. The van der Waals surface area contributed by atoms with Gasteiger partial charge in [0.05, 0.1) is 0 Å². The third kappa shape index (κ3) is 3.65. The van der Waals surface area contributed by atoms with Crippen molar-refractivity contribution in [3.8, 4) is 21.6 Å². The second kappa shape index (κ2) is 8.30. The van der Waals surface area contributed by atoms with Gasteiger partial charge in [-0.05, 0) is 77.5 Å². The average molecular weight is 493 g/mol. The minimum atomic E-state index is -0.0114. The molecule has 7 rings (SSSR count). The Morgan fingerprint density at radius 2 is 1.11 bits per heavy atom. The Balaban J connectivity index is 1.45. The molecule has 0 bridgehead atoms. The highest BCUT2D eigenvalue weighted by molar-refractivity contribution is 7.23. The Bertz CT molecular complexity index is 1960. The molecule has 0 radical (unpaired) electrons. The first kappa shape index (κ1) is 22.3. The first-order valence-electron chi connectivity index (χ1n) is 12.9. The van der Waals surface area contributed by atoms with E-state index in [1.54, 1.807) is 0 Å². The van der Waals surface area contributed by atoms with Crippen LogP contribution in [0.5, 0.6) is 0 Å². The molecule has 6 aromatic carbocycles. The summed E-state index contributed by atoms with van der Waals surface area (Å²) < 4.78 is 1.37. The van der Waals surface area contributed by atoms with Crippen LogP contribution < -0.4 is 0 Å². The second-order valence-corrected chi connectivity index (χ2v) is 12.1. The maximum atomic E-state index is 2.38. The Morgan fingerprint density at radius 3 is 1.89 bits per heavy atom. The van der Waals surface area contributed by atoms with Crippen molar-refractivity contribution in [3.63, 3.8) is 0 Å². The quantitative estimate of drug-likeness (QED) is 0.211. The van der Waals surface area contributed by atoms with Crippen LogP contribution in [0.4, 0.5) is 0 Å². The molecule has 0 fully saturated rings. The molecule has 0 nitrogen and oxygen atoms in total. The van der Waals surface area contributed by atoms with Gasteiger partial charge in [0.2, 0.25) is 0 Å². The van der Waals surface area contributed by atoms with E-state index in [2.05, 4.69) is 136 Å². The van der Waals surface area contributed by atoms with Gasteiger partial charge in [-0.1, -0.05) is 124 Å². The molecule has 1 heteroatoms. The van der Waals surface area contributed by atoms with Gasteiger partial charge in [-0.2, -0.15) is 0 Å². The van der Waals surface area contributed by atoms with E-state index in [9.17, 15) is 0 Å². The van der Waals surface area contributed by atoms with Gasteiger partial charge < -0.3 is 0 Å². The number of fused-ring (bicyclic) bond motifs is 6. The standard InChI is InChI=1S/C36H28S/c1-36(2,3)34-30(26-19-20-29-25(21-26)17-15-23-9-4-6-11-28(23)29)13-8-14-32(34)33-22-27-18-16-24-10-5-7-12-31(24)35(27)37-33/h4-22H,1-3H3. The molecule has 0 aliphatic carbocycles. The molecule has 0 saturated carbocycles. The zero-order valence-electron chi connectivity index (χ0n) is 21.4. The summed E-state index contributed by atoms with van der Waals surface area (Å²) in [6.07, 6.45) is 0. The Morgan fingerprint density at radius 1 is 0.486 bits per heavy atom. The highest BCUT2D eigenvalue weighted by Gasteiger charge is 2.24. The minimum absolute atomic E-state index is 0.0114. The molecule has 0 aliphatic rings. The zero-order chi connectivity index (χ0) is 25.1. The lowest BCUT2D eigenvalue weighted by Crippen LogP contribution is -2.14. The number of rotatable bonds is 2. The van der Waals surface area contributed by atoms with Crippen molar-refractivity contribution in [1.82, 2.24) is 0 Å². The number of benzene rings is 6. The number of hydrogen-bond donors (Lipinski definition) is 0. The lowest BCUT2D eigenvalue weighted by molar-refractivity contribution is 0.594. The SMILES string of the molecule is CC(C)(C)c1c(-c2ccc3c(ccc4ccccc43)c2)cccc1-c1cc2ccc3ccccc3c2s1. The van der Waals surface area contributed by atoms with E-state index in [1.807, 2.05) is 11.3 Å². The highest BCUT2D eigenvalue weighted by atomic mass is 32.1. The highest BCUT2D eigenvalue weighted by Crippen LogP contribution is 2.45. The van der Waals surface area contributed by atoms with E-state index < -0.39 is 0 Å². The summed E-state index contributed by atoms with van der Waals surface area (Å²) in [5, 5.41) is 9.16. The topological polar surface area (TPSA) is 0 Å². The van der Waals surface area contributed by atoms with Crippen LogP contribution in [0.3, 0.4) is 0 Å². The Labute approximate surface area is 221 Å². The van der Waals surface area contributed by atoms with Gasteiger partial charge in [0.15, 0.2) is 0 Å². The molecular formula is C36H28S. The molecule has 178 valence electrons. The van der Waals surface area contributed by atoms with E-state index in [-0.39, 0.29) is 5.41 Å². The Kier molecular flexibility index (Phi) is 4.99. The van der Waals surface area contributed by atoms with Crippen LogP contribution in [-0.4, -0.2) is 0 Å². The van der Waals surface area contributed by atoms with Gasteiger partial charge in [-0.3, -0.25) is 0 Å². The van der Waals surface area contributed by atoms with Crippen molar-refractivity contribution in [2.24, 2.45) is 0 Å². The van der Waals surface area contributed by atoms with E-state index in [4.69, 9.17) is 0 Å². The van der Waals surface area contributed by atoms with Gasteiger partial charge in [0, 0.05) is 9.58 Å². The fraction of sp³-hybridized carbons (Fsp3) is 0.111.